The first-order chi connectivity index (χ1) is 11.9. The van der Waals surface area contributed by atoms with Crippen LogP contribution in [-0.2, 0) is 12.8 Å². The molecule has 0 saturated heterocycles. The molecule has 0 heteroatoms. The predicted molar refractivity (Wildman–Crippen MR) is 103 cm³/mol. The SMILES string of the molecule is c1ccc(CCCC(CCc2ccccc2)c2ccccc2)cc1. The predicted octanol–water partition coefficient (Wildman–Crippen LogP) is 6.43. The number of benzene rings is 3. The van der Waals surface area contributed by atoms with Crippen LogP contribution in [0.3, 0.4) is 0 Å². The molecule has 0 spiro atoms. The van der Waals surface area contributed by atoms with E-state index in [2.05, 4.69) is 91.0 Å². The molecule has 3 aromatic rings. The molecular weight excluding hydrogens is 288 g/mol. The molecule has 24 heavy (non-hydrogen) atoms. The van der Waals surface area contributed by atoms with Gasteiger partial charge in [-0.3, -0.25) is 0 Å². The Hall–Kier alpha value is -2.34. The second-order valence-corrected chi connectivity index (χ2v) is 6.51. The molecule has 0 radical (unpaired) electrons. The Morgan fingerprint density at radius 3 is 1.58 bits per heavy atom. The van der Waals surface area contributed by atoms with Crippen LogP contribution in [0.5, 0.6) is 0 Å². The van der Waals surface area contributed by atoms with Crippen molar-refractivity contribution in [3.8, 4) is 0 Å². The van der Waals surface area contributed by atoms with Crippen molar-refractivity contribution in [1.82, 2.24) is 0 Å². The molecule has 0 saturated carbocycles. The van der Waals surface area contributed by atoms with Gasteiger partial charge in [-0.2, -0.15) is 0 Å². The van der Waals surface area contributed by atoms with Crippen LogP contribution in [0.25, 0.3) is 0 Å². The Bertz CT molecular complexity index is 686. The van der Waals surface area contributed by atoms with E-state index >= 15 is 0 Å². The van der Waals surface area contributed by atoms with Gasteiger partial charge in [0.15, 0.2) is 0 Å². The van der Waals surface area contributed by atoms with Crippen LogP contribution in [0, 0.1) is 0 Å². The van der Waals surface area contributed by atoms with Gasteiger partial charge in [-0.1, -0.05) is 91.0 Å². The topological polar surface area (TPSA) is 0 Å². The van der Waals surface area contributed by atoms with Gasteiger partial charge in [-0.25, -0.2) is 0 Å². The number of aryl methyl sites for hydroxylation is 2. The van der Waals surface area contributed by atoms with Gasteiger partial charge in [0.25, 0.3) is 0 Å². The van der Waals surface area contributed by atoms with Crippen molar-refractivity contribution in [2.45, 2.75) is 38.0 Å². The molecule has 0 amide bonds. The largest absolute Gasteiger partial charge is 0.0622 e. The molecule has 0 bridgehead atoms. The number of hydrogen-bond acceptors (Lipinski definition) is 0. The minimum atomic E-state index is 0.648. The van der Waals surface area contributed by atoms with Gasteiger partial charge in [0.1, 0.15) is 0 Å². The maximum atomic E-state index is 2.29. The lowest BCUT2D eigenvalue weighted by Gasteiger charge is -2.17. The summed E-state index contributed by atoms with van der Waals surface area (Å²) >= 11 is 0. The lowest BCUT2D eigenvalue weighted by atomic mass is 9.87. The molecule has 1 atom stereocenters. The lowest BCUT2D eigenvalue weighted by molar-refractivity contribution is 0.552. The molecule has 0 N–H and O–H groups in total. The number of rotatable bonds is 8. The summed E-state index contributed by atoms with van der Waals surface area (Å²) in [6.07, 6.45) is 6.06. The Morgan fingerprint density at radius 1 is 0.500 bits per heavy atom. The van der Waals surface area contributed by atoms with E-state index < -0.39 is 0 Å². The maximum absolute atomic E-state index is 2.29. The van der Waals surface area contributed by atoms with Crippen LogP contribution in [0.15, 0.2) is 91.0 Å². The smallest absolute Gasteiger partial charge is 0.0159 e. The fourth-order valence-electron chi connectivity index (χ4n) is 3.39. The fraction of sp³-hybridized carbons (Fsp3) is 0.250. The third kappa shape index (κ3) is 5.09. The molecule has 0 aliphatic rings. The quantitative estimate of drug-likeness (QED) is 0.449. The van der Waals surface area contributed by atoms with Crippen LogP contribution < -0.4 is 0 Å². The van der Waals surface area contributed by atoms with Crippen LogP contribution >= 0.6 is 0 Å². The average Bonchev–Trinajstić information content (AvgIpc) is 2.67. The molecule has 3 aromatic carbocycles. The van der Waals surface area contributed by atoms with Crippen molar-refractivity contribution in [3.05, 3.63) is 108 Å². The molecule has 3 rings (SSSR count). The highest BCUT2D eigenvalue weighted by Crippen LogP contribution is 2.27. The van der Waals surface area contributed by atoms with E-state index in [4.69, 9.17) is 0 Å². The third-order valence-electron chi connectivity index (χ3n) is 4.76. The summed E-state index contributed by atoms with van der Waals surface area (Å²) < 4.78 is 0. The number of hydrogen-bond donors (Lipinski definition) is 0. The first-order valence-electron chi connectivity index (χ1n) is 9.04. The van der Waals surface area contributed by atoms with Crippen molar-refractivity contribution in [2.75, 3.05) is 0 Å². The zero-order chi connectivity index (χ0) is 16.5. The molecule has 1 unspecified atom stereocenters. The lowest BCUT2D eigenvalue weighted by Crippen LogP contribution is -2.02. The summed E-state index contributed by atoms with van der Waals surface area (Å²) in [7, 11) is 0. The first-order valence-corrected chi connectivity index (χ1v) is 9.04. The van der Waals surface area contributed by atoms with E-state index in [1.54, 1.807) is 0 Å². The minimum absolute atomic E-state index is 0.648. The first kappa shape index (κ1) is 16.5. The second kappa shape index (κ2) is 9.08. The Balaban J connectivity index is 1.59. The summed E-state index contributed by atoms with van der Waals surface area (Å²) in [5.41, 5.74) is 4.38. The zero-order valence-electron chi connectivity index (χ0n) is 14.3. The summed E-state index contributed by atoms with van der Waals surface area (Å²) in [5, 5.41) is 0. The summed E-state index contributed by atoms with van der Waals surface area (Å²) in [6, 6.07) is 32.7. The van der Waals surface area contributed by atoms with E-state index in [9.17, 15) is 0 Å². The third-order valence-corrected chi connectivity index (χ3v) is 4.76. The Morgan fingerprint density at radius 2 is 1.00 bits per heavy atom. The van der Waals surface area contributed by atoms with Crippen molar-refractivity contribution in [2.24, 2.45) is 0 Å². The van der Waals surface area contributed by atoms with Gasteiger partial charge >= 0.3 is 0 Å². The summed E-state index contributed by atoms with van der Waals surface area (Å²) in [5.74, 6) is 0.648. The molecule has 0 aliphatic heterocycles. The van der Waals surface area contributed by atoms with E-state index in [1.165, 1.54) is 42.4 Å². The second-order valence-electron chi connectivity index (χ2n) is 6.51. The molecule has 122 valence electrons. The molecular formula is C24H26. The van der Waals surface area contributed by atoms with Gasteiger partial charge in [0.2, 0.25) is 0 Å². The highest BCUT2D eigenvalue weighted by molar-refractivity contribution is 5.21. The fourth-order valence-corrected chi connectivity index (χ4v) is 3.39. The molecule has 0 aromatic heterocycles. The molecule has 0 aliphatic carbocycles. The van der Waals surface area contributed by atoms with E-state index in [0.717, 1.165) is 6.42 Å². The summed E-state index contributed by atoms with van der Waals surface area (Å²) in [4.78, 5) is 0. The zero-order valence-corrected chi connectivity index (χ0v) is 14.3. The van der Waals surface area contributed by atoms with Crippen molar-refractivity contribution in [1.29, 1.82) is 0 Å². The van der Waals surface area contributed by atoms with E-state index in [-0.39, 0.29) is 0 Å². The minimum Gasteiger partial charge on any atom is -0.0622 e. The monoisotopic (exact) mass is 314 g/mol. The van der Waals surface area contributed by atoms with Gasteiger partial charge in [-0.05, 0) is 54.7 Å². The van der Waals surface area contributed by atoms with Gasteiger partial charge in [0.05, 0.1) is 0 Å². The standard InChI is InChI=1S/C24H26/c1-4-11-21(12-5-1)15-10-18-24(23-16-8-3-9-17-23)20-19-22-13-6-2-7-14-22/h1-9,11-14,16-17,24H,10,15,18-20H2. The summed E-state index contributed by atoms with van der Waals surface area (Å²) in [6.45, 7) is 0. The molecule has 0 fully saturated rings. The maximum Gasteiger partial charge on any atom is -0.0159 e. The molecule has 0 heterocycles. The van der Waals surface area contributed by atoms with Crippen LogP contribution in [0.2, 0.25) is 0 Å². The Labute approximate surface area is 146 Å². The van der Waals surface area contributed by atoms with Gasteiger partial charge < -0.3 is 0 Å². The van der Waals surface area contributed by atoms with E-state index in [1.807, 2.05) is 0 Å². The van der Waals surface area contributed by atoms with Gasteiger partial charge in [-0.15, -0.1) is 0 Å². The normalized spacial score (nSPS) is 12.0. The van der Waals surface area contributed by atoms with Crippen LogP contribution in [0.4, 0.5) is 0 Å². The highest BCUT2D eigenvalue weighted by atomic mass is 14.2. The highest BCUT2D eigenvalue weighted by Gasteiger charge is 2.11. The van der Waals surface area contributed by atoms with Crippen LogP contribution in [-0.4, -0.2) is 0 Å². The van der Waals surface area contributed by atoms with Crippen molar-refractivity contribution < 1.29 is 0 Å². The molecule has 0 nitrogen and oxygen atoms in total. The van der Waals surface area contributed by atoms with Crippen LogP contribution in [0.1, 0.15) is 41.9 Å². The average molecular weight is 314 g/mol. The Kier molecular flexibility index (Phi) is 6.25. The van der Waals surface area contributed by atoms with Crippen molar-refractivity contribution in [3.63, 3.8) is 0 Å². The van der Waals surface area contributed by atoms with Gasteiger partial charge in [0, 0.05) is 0 Å². The van der Waals surface area contributed by atoms with E-state index in [0.29, 0.717) is 5.92 Å². The van der Waals surface area contributed by atoms with Crippen molar-refractivity contribution >= 4 is 0 Å².